The standard InChI is InChI=1S/C29H36F3N3O8S/c1-40-24-10-9-19(17-25(24)41-2)16-23(27(36)33-21-11-14-42-15-12-21)34-28(37)43-26-8-3-4-13-35(26)44(38,39)22-7-5-6-20(18-22)29(30,31)32/h5-7,9-10,17-18,21,23,26H,3-4,8,11-16H2,1-2H3,(H,33,36)(H,34,37)/t23-,26-/m0/s1. The van der Waals surface area contributed by atoms with Crippen LogP contribution in [-0.2, 0) is 36.9 Å². The fraction of sp³-hybridized carbons (Fsp3) is 0.517. The van der Waals surface area contributed by atoms with Gasteiger partial charge < -0.3 is 29.6 Å². The van der Waals surface area contributed by atoms with Crippen LogP contribution in [0, 0.1) is 0 Å². The summed E-state index contributed by atoms with van der Waals surface area (Å²) >= 11 is 0. The molecular weight excluding hydrogens is 607 g/mol. The van der Waals surface area contributed by atoms with Gasteiger partial charge in [-0.3, -0.25) is 4.79 Å². The van der Waals surface area contributed by atoms with Crippen LogP contribution < -0.4 is 20.1 Å². The summed E-state index contributed by atoms with van der Waals surface area (Å²) < 4.78 is 89.1. The molecule has 2 N–H and O–H groups in total. The van der Waals surface area contributed by atoms with E-state index in [1.54, 1.807) is 18.2 Å². The van der Waals surface area contributed by atoms with Crippen LogP contribution in [0.1, 0.15) is 43.2 Å². The summed E-state index contributed by atoms with van der Waals surface area (Å²) in [6.07, 6.45) is -4.76. The van der Waals surface area contributed by atoms with Crippen LogP contribution in [0.3, 0.4) is 0 Å². The highest BCUT2D eigenvalue weighted by molar-refractivity contribution is 7.89. The summed E-state index contributed by atoms with van der Waals surface area (Å²) in [5.41, 5.74) is -0.471. The molecule has 2 heterocycles. The molecule has 0 spiro atoms. The molecule has 2 saturated heterocycles. The number of rotatable bonds is 10. The van der Waals surface area contributed by atoms with Crippen molar-refractivity contribution < 1.29 is 50.1 Å². The van der Waals surface area contributed by atoms with Crippen molar-refractivity contribution in [1.82, 2.24) is 14.9 Å². The molecule has 4 rings (SSSR count). The molecule has 0 saturated carbocycles. The first kappa shape index (κ1) is 33.3. The molecule has 44 heavy (non-hydrogen) atoms. The lowest BCUT2D eigenvalue weighted by atomic mass is 10.0. The number of amides is 2. The third-order valence-corrected chi connectivity index (χ3v) is 9.36. The molecule has 2 aromatic rings. The van der Waals surface area contributed by atoms with Gasteiger partial charge in [-0.1, -0.05) is 12.1 Å². The fourth-order valence-corrected chi connectivity index (χ4v) is 6.76. The first-order valence-electron chi connectivity index (χ1n) is 14.2. The summed E-state index contributed by atoms with van der Waals surface area (Å²) in [6, 6.07) is 7.20. The largest absolute Gasteiger partial charge is 0.493 e. The van der Waals surface area contributed by atoms with Gasteiger partial charge in [-0.25, -0.2) is 13.2 Å². The third-order valence-electron chi connectivity index (χ3n) is 7.48. The number of carbonyl (C=O) groups is 2. The topological polar surface area (TPSA) is 132 Å². The van der Waals surface area contributed by atoms with Crippen molar-refractivity contribution in [2.45, 2.75) is 67.9 Å². The molecule has 2 fully saturated rings. The number of piperidine rings is 1. The molecule has 0 unspecified atom stereocenters. The van der Waals surface area contributed by atoms with Crippen LogP contribution in [0.2, 0.25) is 0 Å². The molecule has 2 atom stereocenters. The second-order valence-corrected chi connectivity index (χ2v) is 12.4. The number of halogens is 3. The Hall–Kier alpha value is -3.56. The third kappa shape index (κ3) is 8.33. The minimum absolute atomic E-state index is 0.0431. The van der Waals surface area contributed by atoms with Gasteiger partial charge in [0.2, 0.25) is 15.9 Å². The SMILES string of the molecule is COc1ccc(C[C@H](NC(=O)O[C@H]2CCCCN2S(=O)(=O)c2cccc(C(F)(F)F)c2)C(=O)NC2CCOCC2)cc1OC. The Bertz CT molecular complexity index is 1420. The summed E-state index contributed by atoms with van der Waals surface area (Å²) in [7, 11) is -1.50. The van der Waals surface area contributed by atoms with Gasteiger partial charge >= 0.3 is 12.3 Å². The number of alkyl halides is 3. The minimum Gasteiger partial charge on any atom is -0.493 e. The molecule has 242 valence electrons. The lowest BCUT2D eigenvalue weighted by Crippen LogP contribution is -2.53. The van der Waals surface area contributed by atoms with Crippen LogP contribution in [0.25, 0.3) is 0 Å². The first-order valence-corrected chi connectivity index (χ1v) is 15.6. The minimum atomic E-state index is -4.74. The van der Waals surface area contributed by atoms with Crippen molar-refractivity contribution >= 4 is 22.0 Å². The van der Waals surface area contributed by atoms with E-state index >= 15 is 0 Å². The van der Waals surface area contributed by atoms with Crippen molar-refractivity contribution in [3.05, 3.63) is 53.6 Å². The molecule has 2 aromatic carbocycles. The molecule has 2 aliphatic rings. The molecule has 15 heteroatoms. The van der Waals surface area contributed by atoms with E-state index in [0.29, 0.717) is 62.0 Å². The number of ether oxygens (including phenoxy) is 4. The van der Waals surface area contributed by atoms with E-state index < -0.39 is 50.9 Å². The molecule has 2 aliphatic heterocycles. The Labute approximate surface area is 254 Å². The summed E-state index contributed by atoms with van der Waals surface area (Å²) in [4.78, 5) is 26.0. The van der Waals surface area contributed by atoms with Gasteiger partial charge in [0, 0.05) is 32.2 Å². The Balaban J connectivity index is 1.52. The van der Waals surface area contributed by atoms with E-state index in [4.69, 9.17) is 18.9 Å². The maximum atomic E-state index is 13.4. The number of nitrogens with one attached hydrogen (secondary N) is 2. The number of alkyl carbamates (subject to hydrolysis) is 1. The van der Waals surface area contributed by atoms with Crippen molar-refractivity contribution in [2.75, 3.05) is 34.0 Å². The van der Waals surface area contributed by atoms with Gasteiger partial charge in [0.25, 0.3) is 0 Å². The normalized spacial score (nSPS) is 19.1. The summed E-state index contributed by atoms with van der Waals surface area (Å²) in [5.74, 6) is 0.431. The first-order chi connectivity index (χ1) is 20.9. The van der Waals surface area contributed by atoms with Crippen LogP contribution in [0.4, 0.5) is 18.0 Å². The van der Waals surface area contributed by atoms with Gasteiger partial charge in [-0.15, -0.1) is 0 Å². The average Bonchev–Trinajstić information content (AvgIpc) is 3.01. The number of sulfonamides is 1. The second-order valence-electron chi connectivity index (χ2n) is 10.5. The lowest BCUT2D eigenvalue weighted by Gasteiger charge is -2.34. The quantitative estimate of drug-likeness (QED) is 0.399. The number of nitrogens with zero attached hydrogens (tertiary/aromatic N) is 1. The average molecular weight is 644 g/mol. The zero-order valence-corrected chi connectivity index (χ0v) is 25.2. The van der Waals surface area contributed by atoms with E-state index in [-0.39, 0.29) is 25.4 Å². The van der Waals surface area contributed by atoms with Gasteiger partial charge in [0.1, 0.15) is 6.04 Å². The predicted octanol–water partition coefficient (Wildman–Crippen LogP) is 3.86. The van der Waals surface area contributed by atoms with Gasteiger partial charge in [0.05, 0.1) is 24.7 Å². The number of carbonyl (C=O) groups excluding carboxylic acids is 2. The molecule has 0 radical (unpaired) electrons. The number of hydrogen-bond acceptors (Lipinski definition) is 8. The lowest BCUT2D eigenvalue weighted by molar-refractivity contribution is -0.137. The van der Waals surface area contributed by atoms with E-state index in [9.17, 15) is 31.2 Å². The van der Waals surface area contributed by atoms with Gasteiger partial charge in [-0.05, 0) is 68.0 Å². The highest BCUT2D eigenvalue weighted by Gasteiger charge is 2.38. The van der Waals surface area contributed by atoms with Crippen molar-refractivity contribution in [2.24, 2.45) is 0 Å². The maximum absolute atomic E-state index is 13.4. The number of methoxy groups -OCH3 is 2. The highest BCUT2D eigenvalue weighted by atomic mass is 32.2. The van der Waals surface area contributed by atoms with Crippen molar-refractivity contribution in [3.63, 3.8) is 0 Å². The van der Waals surface area contributed by atoms with Crippen molar-refractivity contribution in [1.29, 1.82) is 0 Å². The Kier molecular flexibility index (Phi) is 11.0. The highest BCUT2D eigenvalue weighted by Crippen LogP contribution is 2.33. The molecule has 2 amide bonds. The molecule has 0 aromatic heterocycles. The van der Waals surface area contributed by atoms with Crippen LogP contribution in [0.5, 0.6) is 11.5 Å². The molecule has 0 aliphatic carbocycles. The summed E-state index contributed by atoms with van der Waals surface area (Å²) in [6.45, 7) is 0.910. The monoisotopic (exact) mass is 643 g/mol. The van der Waals surface area contributed by atoms with E-state index in [1.807, 2.05) is 0 Å². The maximum Gasteiger partial charge on any atom is 0.416 e. The van der Waals surface area contributed by atoms with Crippen molar-refractivity contribution in [3.8, 4) is 11.5 Å². The van der Waals surface area contributed by atoms with Gasteiger partial charge in [0.15, 0.2) is 17.7 Å². The number of hydrogen-bond donors (Lipinski definition) is 2. The fourth-order valence-electron chi connectivity index (χ4n) is 5.13. The Morgan fingerprint density at radius 3 is 2.43 bits per heavy atom. The zero-order valence-electron chi connectivity index (χ0n) is 24.4. The van der Waals surface area contributed by atoms with E-state index in [2.05, 4.69) is 10.6 Å². The van der Waals surface area contributed by atoms with Crippen LogP contribution in [-0.4, -0.2) is 77.0 Å². The van der Waals surface area contributed by atoms with E-state index in [1.165, 1.54) is 14.2 Å². The molecule has 11 nitrogen and oxygen atoms in total. The smallest absolute Gasteiger partial charge is 0.416 e. The molecule has 0 bridgehead atoms. The zero-order chi connectivity index (χ0) is 31.9. The Morgan fingerprint density at radius 1 is 1.02 bits per heavy atom. The second kappa shape index (κ2) is 14.5. The van der Waals surface area contributed by atoms with Gasteiger partial charge in [-0.2, -0.15) is 17.5 Å². The van der Waals surface area contributed by atoms with Crippen LogP contribution in [0.15, 0.2) is 47.4 Å². The summed E-state index contributed by atoms with van der Waals surface area (Å²) in [5, 5.41) is 5.49. The van der Waals surface area contributed by atoms with E-state index in [0.717, 1.165) is 22.5 Å². The Morgan fingerprint density at radius 2 is 1.75 bits per heavy atom. The van der Waals surface area contributed by atoms with Crippen LogP contribution >= 0.6 is 0 Å². The molecular formula is C29H36F3N3O8S. The predicted molar refractivity (Wildman–Crippen MR) is 152 cm³/mol. The number of benzene rings is 2.